The number of carboxylic acids is 1. The molecule has 0 fully saturated rings. The van der Waals surface area contributed by atoms with E-state index in [4.69, 9.17) is 5.11 Å². The summed E-state index contributed by atoms with van der Waals surface area (Å²) in [6.45, 7) is 0. The predicted octanol–water partition coefficient (Wildman–Crippen LogP) is 1.52. The fraction of sp³-hybridized carbons (Fsp3) is 0.0833. The molecule has 0 aromatic carbocycles. The Hall–Kier alpha value is -1.96. The first-order valence-corrected chi connectivity index (χ1v) is 6.33. The molecule has 111 valence electrons. The standard InChI is InChI=1S/C6H5N4S.C6H5NO2.Ir/c1-10-7-4-6(8-10)5-2-3-11-9-5;8-6(9)5-3-1-2-4-7-5;/h3-4H,1H3;1-4H,(H,8,9);/q-1;;. The number of carbonyl (C=O) groups is 1. The number of carboxylic acid groups (broad SMARTS) is 1. The van der Waals surface area contributed by atoms with E-state index in [1.54, 1.807) is 30.8 Å². The summed E-state index contributed by atoms with van der Waals surface area (Å²) in [4.78, 5) is 15.2. The van der Waals surface area contributed by atoms with E-state index in [0.717, 1.165) is 11.4 Å². The summed E-state index contributed by atoms with van der Waals surface area (Å²) in [7, 11) is 1.77. The second-order valence-corrected chi connectivity index (χ2v) is 4.18. The van der Waals surface area contributed by atoms with E-state index in [1.807, 2.05) is 0 Å². The van der Waals surface area contributed by atoms with Crippen molar-refractivity contribution in [2.45, 2.75) is 0 Å². The fourth-order valence-electron chi connectivity index (χ4n) is 1.25. The molecule has 0 aliphatic rings. The molecule has 1 N–H and O–H groups in total. The van der Waals surface area contributed by atoms with Gasteiger partial charge in [0.15, 0.2) is 0 Å². The molecule has 3 aromatic heterocycles. The van der Waals surface area contributed by atoms with Gasteiger partial charge < -0.3 is 5.11 Å². The summed E-state index contributed by atoms with van der Waals surface area (Å²) in [5.41, 5.74) is 1.62. The molecule has 0 aliphatic heterocycles. The first-order chi connectivity index (χ1) is 9.66. The van der Waals surface area contributed by atoms with Crippen LogP contribution >= 0.6 is 11.5 Å². The van der Waals surface area contributed by atoms with Gasteiger partial charge in [-0.1, -0.05) is 28.7 Å². The van der Waals surface area contributed by atoms with E-state index >= 15 is 0 Å². The van der Waals surface area contributed by atoms with Crippen molar-refractivity contribution < 1.29 is 30.0 Å². The Morgan fingerprint density at radius 2 is 2.24 bits per heavy atom. The Morgan fingerprint density at radius 3 is 2.67 bits per heavy atom. The minimum atomic E-state index is -0.990. The Morgan fingerprint density at radius 1 is 1.43 bits per heavy atom. The SMILES string of the molecule is Cn1ncc(-c2[c-]csn2)n1.O=C(O)c1ccccn1.[Ir]. The molecular weight excluding hydrogens is 470 g/mol. The minimum absolute atomic E-state index is 0. The van der Waals surface area contributed by atoms with Crippen molar-refractivity contribution in [1.82, 2.24) is 24.4 Å². The summed E-state index contributed by atoms with van der Waals surface area (Å²) < 4.78 is 4.07. The molecule has 1 radical (unpaired) electrons. The summed E-state index contributed by atoms with van der Waals surface area (Å²) in [6.07, 6.45) is 3.12. The molecule has 3 rings (SSSR count). The zero-order valence-electron chi connectivity index (χ0n) is 10.8. The number of aryl methyl sites for hydroxylation is 1. The third kappa shape index (κ3) is 5.14. The number of hydrogen-bond acceptors (Lipinski definition) is 6. The number of pyridine rings is 1. The normalized spacial score (nSPS) is 9.19. The van der Waals surface area contributed by atoms with Crippen LogP contribution < -0.4 is 0 Å². The Bertz CT molecular complexity index is 672. The van der Waals surface area contributed by atoms with Crippen molar-refractivity contribution >= 4 is 17.5 Å². The van der Waals surface area contributed by atoms with E-state index in [1.165, 1.54) is 28.6 Å². The molecule has 3 aromatic rings. The Kier molecular flexibility index (Phi) is 6.80. The van der Waals surface area contributed by atoms with Crippen LogP contribution in [0.5, 0.6) is 0 Å². The summed E-state index contributed by atoms with van der Waals surface area (Å²) in [5.74, 6) is -0.990. The van der Waals surface area contributed by atoms with E-state index in [0.29, 0.717) is 0 Å². The van der Waals surface area contributed by atoms with Crippen LogP contribution in [0.15, 0.2) is 36.0 Å². The zero-order chi connectivity index (χ0) is 14.4. The number of aromatic carboxylic acids is 1. The van der Waals surface area contributed by atoms with Gasteiger partial charge in [0.05, 0.1) is 0 Å². The minimum Gasteiger partial charge on any atom is -0.477 e. The maximum Gasteiger partial charge on any atom is 0.354 e. The van der Waals surface area contributed by atoms with Gasteiger partial charge in [0.25, 0.3) is 0 Å². The largest absolute Gasteiger partial charge is 0.477 e. The van der Waals surface area contributed by atoms with E-state index in [9.17, 15) is 4.79 Å². The predicted molar refractivity (Wildman–Crippen MR) is 72.1 cm³/mol. The molecule has 0 aliphatic carbocycles. The van der Waals surface area contributed by atoms with Crippen molar-refractivity contribution in [3.8, 4) is 11.4 Å². The summed E-state index contributed by atoms with van der Waals surface area (Å²) in [6, 6.07) is 7.71. The van der Waals surface area contributed by atoms with Crippen LogP contribution in [0, 0.1) is 6.07 Å². The van der Waals surface area contributed by atoms with Gasteiger partial charge in [-0.05, 0) is 24.0 Å². The molecule has 0 spiro atoms. The molecule has 0 unspecified atom stereocenters. The first kappa shape index (κ1) is 17.1. The van der Waals surface area contributed by atoms with E-state index in [-0.39, 0.29) is 25.8 Å². The average Bonchev–Trinajstić information content (AvgIpc) is 3.11. The van der Waals surface area contributed by atoms with Crippen molar-refractivity contribution in [3.05, 3.63) is 47.7 Å². The topological polar surface area (TPSA) is 93.8 Å². The maximum atomic E-state index is 10.1. The third-order valence-corrected chi connectivity index (χ3v) is 2.63. The third-order valence-electron chi connectivity index (χ3n) is 2.12. The maximum absolute atomic E-state index is 10.1. The molecule has 0 atom stereocenters. The summed E-state index contributed by atoms with van der Waals surface area (Å²) >= 11 is 1.36. The molecule has 0 saturated heterocycles. The van der Waals surface area contributed by atoms with E-state index in [2.05, 4.69) is 25.6 Å². The van der Waals surface area contributed by atoms with Gasteiger partial charge >= 0.3 is 5.97 Å². The van der Waals surface area contributed by atoms with Crippen LogP contribution in [0.3, 0.4) is 0 Å². The quantitative estimate of drug-likeness (QED) is 0.559. The van der Waals surface area contributed by atoms with Gasteiger partial charge in [0.1, 0.15) is 5.69 Å². The number of rotatable bonds is 2. The van der Waals surface area contributed by atoms with Crippen molar-refractivity contribution in [1.29, 1.82) is 0 Å². The smallest absolute Gasteiger partial charge is 0.354 e. The second kappa shape index (κ2) is 8.35. The second-order valence-electron chi connectivity index (χ2n) is 3.55. The van der Waals surface area contributed by atoms with E-state index < -0.39 is 5.97 Å². The monoisotopic (exact) mass is 481 g/mol. The van der Waals surface area contributed by atoms with Gasteiger partial charge in [-0.15, -0.1) is 0 Å². The van der Waals surface area contributed by atoms with Crippen molar-refractivity contribution in [3.63, 3.8) is 0 Å². The van der Waals surface area contributed by atoms with Gasteiger partial charge in [-0.3, -0.25) is 5.10 Å². The average molecular weight is 481 g/mol. The molecule has 0 saturated carbocycles. The van der Waals surface area contributed by atoms with Gasteiger partial charge in [-0.25, -0.2) is 25.0 Å². The van der Waals surface area contributed by atoms with Gasteiger partial charge in [-0.2, -0.15) is 5.10 Å². The van der Waals surface area contributed by atoms with Crippen molar-refractivity contribution in [2.75, 3.05) is 0 Å². The number of hydrogen-bond donors (Lipinski definition) is 1. The van der Waals surface area contributed by atoms with Crippen LogP contribution in [0.1, 0.15) is 10.5 Å². The zero-order valence-corrected chi connectivity index (χ0v) is 14.0. The number of aromatic nitrogens is 5. The van der Waals surface area contributed by atoms with Crippen LogP contribution in [-0.4, -0.2) is 35.4 Å². The van der Waals surface area contributed by atoms with Crippen molar-refractivity contribution in [2.24, 2.45) is 7.05 Å². The first-order valence-electron chi connectivity index (χ1n) is 5.50. The molecular formula is C12H10IrN5O2S-. The Labute approximate surface area is 138 Å². The fourth-order valence-corrected chi connectivity index (χ4v) is 1.72. The summed E-state index contributed by atoms with van der Waals surface area (Å²) in [5, 5.41) is 18.1. The molecule has 0 amide bonds. The van der Waals surface area contributed by atoms with Crippen LogP contribution in [-0.2, 0) is 27.2 Å². The molecule has 21 heavy (non-hydrogen) atoms. The van der Waals surface area contributed by atoms with Crippen LogP contribution in [0.4, 0.5) is 0 Å². The van der Waals surface area contributed by atoms with Crippen LogP contribution in [0.25, 0.3) is 11.4 Å². The van der Waals surface area contributed by atoms with Gasteiger partial charge in [0.2, 0.25) is 0 Å². The molecule has 3 heterocycles. The molecule has 0 bridgehead atoms. The van der Waals surface area contributed by atoms with Gasteiger partial charge in [0, 0.05) is 33.3 Å². The number of nitrogens with zero attached hydrogens (tertiary/aromatic N) is 5. The molecule has 7 nitrogen and oxygen atoms in total. The van der Waals surface area contributed by atoms with Crippen LogP contribution in [0.2, 0.25) is 0 Å². The Balaban J connectivity index is 0.000000205. The molecule has 9 heteroatoms.